The van der Waals surface area contributed by atoms with E-state index in [0.29, 0.717) is 11.1 Å². The number of fused-ring (bicyclic) bond motifs is 1. The summed E-state index contributed by atoms with van der Waals surface area (Å²) >= 11 is 4.37. The second-order valence-electron chi connectivity index (χ2n) is 6.39. The average molecular weight is 401 g/mol. The van der Waals surface area contributed by atoms with Crippen molar-refractivity contribution in [2.45, 2.75) is 0 Å². The third kappa shape index (κ3) is 3.81. The predicted molar refractivity (Wildman–Crippen MR) is 116 cm³/mol. The van der Waals surface area contributed by atoms with Crippen LogP contribution in [0.25, 0.3) is 23.1 Å². The van der Waals surface area contributed by atoms with Gasteiger partial charge in [-0.05, 0) is 36.6 Å². The van der Waals surface area contributed by atoms with Crippen molar-refractivity contribution in [3.05, 3.63) is 105 Å². The Morgan fingerprint density at radius 1 is 0.966 bits per heavy atom. The maximum absolute atomic E-state index is 12.8. The SMILES string of the molecule is O=C(c1cccc([N+](=O)[O-])c1)c1ccc2c(C=Cc3ccccc3)nn(S)c2c1. The summed E-state index contributed by atoms with van der Waals surface area (Å²) in [5, 5.41) is 16.2. The molecule has 0 saturated heterocycles. The second kappa shape index (κ2) is 7.73. The first-order chi connectivity index (χ1) is 14.0. The number of benzene rings is 3. The molecule has 1 heterocycles. The molecule has 0 atom stereocenters. The van der Waals surface area contributed by atoms with E-state index >= 15 is 0 Å². The molecule has 29 heavy (non-hydrogen) atoms. The lowest BCUT2D eigenvalue weighted by molar-refractivity contribution is -0.384. The Bertz CT molecular complexity index is 1260. The van der Waals surface area contributed by atoms with Gasteiger partial charge in [-0.1, -0.05) is 54.6 Å². The number of carbonyl (C=O) groups excluding carboxylic acids is 1. The molecule has 0 fully saturated rings. The van der Waals surface area contributed by atoms with Gasteiger partial charge >= 0.3 is 0 Å². The van der Waals surface area contributed by atoms with Crippen LogP contribution in [0.2, 0.25) is 0 Å². The van der Waals surface area contributed by atoms with Crippen molar-refractivity contribution in [2.24, 2.45) is 0 Å². The number of hydrogen-bond acceptors (Lipinski definition) is 5. The van der Waals surface area contributed by atoms with E-state index in [9.17, 15) is 14.9 Å². The highest BCUT2D eigenvalue weighted by Crippen LogP contribution is 2.25. The van der Waals surface area contributed by atoms with Gasteiger partial charge in [-0.15, -0.1) is 0 Å². The summed E-state index contributed by atoms with van der Waals surface area (Å²) in [6, 6.07) is 20.7. The van der Waals surface area contributed by atoms with Crippen molar-refractivity contribution >= 4 is 47.3 Å². The highest BCUT2D eigenvalue weighted by Gasteiger charge is 2.16. The number of thiol groups is 1. The lowest BCUT2D eigenvalue weighted by Crippen LogP contribution is -2.02. The van der Waals surface area contributed by atoms with E-state index in [0.717, 1.165) is 16.6 Å². The van der Waals surface area contributed by atoms with Crippen molar-refractivity contribution in [3.63, 3.8) is 0 Å². The molecule has 3 aromatic carbocycles. The molecule has 0 saturated carbocycles. The van der Waals surface area contributed by atoms with E-state index in [1.807, 2.05) is 48.6 Å². The lowest BCUT2D eigenvalue weighted by atomic mass is 10.0. The zero-order valence-corrected chi connectivity index (χ0v) is 16.0. The van der Waals surface area contributed by atoms with Crippen molar-refractivity contribution in [1.29, 1.82) is 0 Å². The third-order valence-corrected chi connectivity index (χ3v) is 4.81. The monoisotopic (exact) mass is 401 g/mol. The van der Waals surface area contributed by atoms with Gasteiger partial charge in [0.05, 0.1) is 16.1 Å². The highest BCUT2D eigenvalue weighted by atomic mass is 32.1. The molecular formula is C22H15N3O3S. The predicted octanol–water partition coefficient (Wildman–Crippen LogP) is 5.04. The molecule has 4 rings (SSSR count). The molecule has 0 bridgehead atoms. The fraction of sp³-hybridized carbons (Fsp3) is 0. The fourth-order valence-electron chi connectivity index (χ4n) is 3.05. The van der Waals surface area contributed by atoms with Crippen molar-refractivity contribution in [2.75, 3.05) is 0 Å². The van der Waals surface area contributed by atoms with Gasteiger partial charge in [-0.3, -0.25) is 14.9 Å². The average Bonchev–Trinajstić information content (AvgIpc) is 3.07. The number of hydrogen-bond donors (Lipinski definition) is 1. The molecule has 6 nitrogen and oxygen atoms in total. The number of carbonyl (C=O) groups is 1. The second-order valence-corrected chi connectivity index (χ2v) is 6.77. The Labute approximate surface area is 171 Å². The maximum atomic E-state index is 12.8. The molecule has 4 aromatic rings. The first-order valence-electron chi connectivity index (χ1n) is 8.77. The number of nitrogens with zero attached hydrogens (tertiary/aromatic N) is 3. The fourth-order valence-corrected chi connectivity index (χ4v) is 3.32. The summed E-state index contributed by atoms with van der Waals surface area (Å²) in [6.45, 7) is 0. The molecule has 0 spiro atoms. The molecule has 0 amide bonds. The summed E-state index contributed by atoms with van der Waals surface area (Å²) in [5.74, 6) is -0.300. The van der Waals surface area contributed by atoms with E-state index in [1.165, 1.54) is 22.3 Å². The van der Waals surface area contributed by atoms with Crippen LogP contribution >= 0.6 is 12.8 Å². The molecular weight excluding hydrogens is 386 g/mol. The zero-order valence-electron chi connectivity index (χ0n) is 15.1. The number of non-ortho nitro benzene ring substituents is 1. The van der Waals surface area contributed by atoms with Crippen LogP contribution in [0.4, 0.5) is 5.69 Å². The van der Waals surface area contributed by atoms with Crippen LogP contribution in [-0.4, -0.2) is 19.9 Å². The van der Waals surface area contributed by atoms with E-state index < -0.39 is 4.92 Å². The highest BCUT2D eigenvalue weighted by molar-refractivity contribution is 7.78. The van der Waals surface area contributed by atoms with E-state index in [4.69, 9.17) is 0 Å². The minimum atomic E-state index is -0.520. The van der Waals surface area contributed by atoms with Crippen molar-refractivity contribution in [1.82, 2.24) is 9.19 Å². The Hall–Kier alpha value is -3.71. The summed E-state index contributed by atoms with van der Waals surface area (Å²) in [4.78, 5) is 23.2. The Morgan fingerprint density at radius 2 is 1.72 bits per heavy atom. The van der Waals surface area contributed by atoms with Crippen LogP contribution in [0.5, 0.6) is 0 Å². The van der Waals surface area contributed by atoms with Crippen LogP contribution in [-0.2, 0) is 0 Å². The number of aromatic nitrogens is 2. The smallest absolute Gasteiger partial charge is 0.270 e. The largest absolute Gasteiger partial charge is 0.289 e. The van der Waals surface area contributed by atoms with E-state index in [-0.39, 0.29) is 17.0 Å². The third-order valence-electron chi connectivity index (χ3n) is 4.51. The van der Waals surface area contributed by atoms with Gasteiger partial charge in [0.15, 0.2) is 5.78 Å². The first kappa shape index (κ1) is 18.6. The summed E-state index contributed by atoms with van der Waals surface area (Å²) in [6.07, 6.45) is 3.85. The quantitative estimate of drug-likeness (QED) is 0.220. The minimum absolute atomic E-state index is 0.121. The van der Waals surface area contributed by atoms with Crippen LogP contribution < -0.4 is 0 Å². The molecule has 0 N–H and O–H groups in total. The van der Waals surface area contributed by atoms with Crippen molar-refractivity contribution < 1.29 is 9.72 Å². The van der Waals surface area contributed by atoms with Crippen LogP contribution in [0.15, 0.2) is 72.8 Å². The van der Waals surface area contributed by atoms with Crippen molar-refractivity contribution in [3.8, 4) is 0 Å². The van der Waals surface area contributed by atoms with Crippen LogP contribution in [0, 0.1) is 10.1 Å². The molecule has 0 aliphatic rings. The standard InChI is InChI=1S/C22H15N3O3S/c26-22(16-7-4-8-18(13-16)25(27)28)17-10-11-19-20(23-24(29)21(19)14-17)12-9-15-5-2-1-3-6-15/h1-14,29H. The Kier molecular flexibility index (Phi) is 4.97. The molecule has 142 valence electrons. The van der Waals surface area contributed by atoms with Gasteiger partial charge in [0.1, 0.15) is 0 Å². The van der Waals surface area contributed by atoms with E-state index in [2.05, 4.69) is 17.9 Å². The number of rotatable bonds is 5. The Morgan fingerprint density at radius 3 is 2.48 bits per heavy atom. The number of nitro benzene ring substituents is 1. The minimum Gasteiger partial charge on any atom is -0.289 e. The zero-order chi connectivity index (χ0) is 20.4. The summed E-state index contributed by atoms with van der Waals surface area (Å²) in [7, 11) is 0. The molecule has 1 aromatic heterocycles. The lowest BCUT2D eigenvalue weighted by Gasteiger charge is -2.02. The van der Waals surface area contributed by atoms with E-state index in [1.54, 1.807) is 18.2 Å². The van der Waals surface area contributed by atoms with Gasteiger partial charge in [0, 0.05) is 28.6 Å². The first-order valence-corrected chi connectivity index (χ1v) is 9.17. The van der Waals surface area contributed by atoms with Gasteiger partial charge < -0.3 is 0 Å². The summed E-state index contributed by atoms with van der Waals surface area (Å²) < 4.78 is 1.42. The van der Waals surface area contributed by atoms with Gasteiger partial charge in [-0.2, -0.15) is 5.10 Å². The summed E-state index contributed by atoms with van der Waals surface area (Å²) in [5.41, 5.74) is 3.00. The van der Waals surface area contributed by atoms with Crippen LogP contribution in [0.1, 0.15) is 27.2 Å². The number of nitro groups is 1. The maximum Gasteiger partial charge on any atom is 0.270 e. The normalized spacial score (nSPS) is 11.2. The molecule has 0 unspecified atom stereocenters. The molecule has 0 aliphatic heterocycles. The topological polar surface area (TPSA) is 78.0 Å². The number of ketones is 1. The van der Waals surface area contributed by atoms with Gasteiger partial charge in [0.25, 0.3) is 5.69 Å². The molecule has 7 heteroatoms. The van der Waals surface area contributed by atoms with Gasteiger partial charge in [0.2, 0.25) is 0 Å². The molecule has 0 aliphatic carbocycles. The van der Waals surface area contributed by atoms with Crippen LogP contribution in [0.3, 0.4) is 0 Å². The van der Waals surface area contributed by atoms with Gasteiger partial charge in [-0.25, -0.2) is 4.09 Å². The molecule has 0 radical (unpaired) electrons. The Balaban J connectivity index is 1.69.